The number of benzene rings is 1. The van der Waals surface area contributed by atoms with Crippen molar-refractivity contribution in [2.75, 3.05) is 0 Å². The molecule has 3 nitrogen and oxygen atoms in total. The molecular formula is C15H10N3S+. The van der Waals surface area contributed by atoms with Crippen molar-refractivity contribution in [1.29, 1.82) is 0 Å². The number of imidazole rings is 1. The minimum absolute atomic E-state index is 0.954. The molecule has 1 aromatic carbocycles. The second kappa shape index (κ2) is 3.22. The van der Waals surface area contributed by atoms with E-state index in [9.17, 15) is 0 Å². The van der Waals surface area contributed by atoms with Crippen LogP contribution >= 0.6 is 11.3 Å². The van der Waals surface area contributed by atoms with Gasteiger partial charge in [0.2, 0.25) is 4.83 Å². The van der Waals surface area contributed by atoms with Crippen LogP contribution in [0.25, 0.3) is 26.4 Å². The van der Waals surface area contributed by atoms with Crippen LogP contribution in [0.1, 0.15) is 5.56 Å². The summed E-state index contributed by atoms with van der Waals surface area (Å²) in [6, 6.07) is 10.7. The Balaban J connectivity index is 2.00. The van der Waals surface area contributed by atoms with Crippen LogP contribution in [0.5, 0.6) is 0 Å². The zero-order valence-electron chi connectivity index (χ0n) is 10.1. The van der Waals surface area contributed by atoms with Crippen LogP contribution in [-0.4, -0.2) is 9.38 Å². The van der Waals surface area contributed by atoms with Crippen molar-refractivity contribution in [1.82, 2.24) is 9.38 Å². The number of hydrogen-bond acceptors (Lipinski definition) is 2. The lowest BCUT2D eigenvalue weighted by Gasteiger charge is -1.92. The molecule has 0 spiro atoms. The molecule has 0 saturated carbocycles. The Labute approximate surface area is 113 Å². The number of hydrogen-bond donors (Lipinski definition) is 0. The van der Waals surface area contributed by atoms with Gasteiger partial charge in [0, 0.05) is 18.0 Å². The van der Waals surface area contributed by atoms with Gasteiger partial charge in [-0.1, -0.05) is 23.5 Å². The molecule has 4 aromatic rings. The summed E-state index contributed by atoms with van der Waals surface area (Å²) in [7, 11) is 0. The lowest BCUT2D eigenvalue weighted by molar-refractivity contribution is -0.670. The number of nitrogens with zero attached hydrogens (tertiary/aromatic N) is 3. The zero-order valence-corrected chi connectivity index (χ0v) is 10.9. The van der Waals surface area contributed by atoms with Gasteiger partial charge in [-0.3, -0.25) is 4.98 Å². The SMILES string of the molecule is c1ccc2c(c1)sc1c[n+]3c(n12)-c1cnccc1C3. The van der Waals surface area contributed by atoms with E-state index in [0.29, 0.717) is 0 Å². The molecule has 0 amide bonds. The Kier molecular flexibility index (Phi) is 1.64. The molecule has 4 heteroatoms. The highest BCUT2D eigenvalue weighted by molar-refractivity contribution is 7.23. The van der Waals surface area contributed by atoms with Crippen molar-refractivity contribution < 1.29 is 4.57 Å². The van der Waals surface area contributed by atoms with Crippen LogP contribution in [0, 0.1) is 0 Å². The summed E-state index contributed by atoms with van der Waals surface area (Å²) in [6.07, 6.45) is 6.10. The molecule has 5 rings (SSSR count). The quantitative estimate of drug-likeness (QED) is 0.394. The molecule has 0 radical (unpaired) electrons. The van der Waals surface area contributed by atoms with Crippen LogP contribution in [0.3, 0.4) is 0 Å². The first-order valence-corrected chi connectivity index (χ1v) is 7.09. The Hall–Kier alpha value is -2.20. The van der Waals surface area contributed by atoms with Gasteiger partial charge in [0.25, 0.3) is 5.82 Å². The predicted molar refractivity (Wildman–Crippen MR) is 75.3 cm³/mol. The standard InChI is InChI=1S/C15H10N3S/c1-2-4-13-12(3-1)18-14(19-13)9-17-8-10-5-6-16-7-11(10)15(17)18/h1-7,9H,8H2/q+1. The highest BCUT2D eigenvalue weighted by atomic mass is 32.1. The summed E-state index contributed by atoms with van der Waals surface area (Å²) in [6.45, 7) is 0.954. The summed E-state index contributed by atoms with van der Waals surface area (Å²) in [5.74, 6) is 1.26. The normalized spacial score (nSPS) is 13.1. The van der Waals surface area contributed by atoms with Crippen LogP contribution in [0.15, 0.2) is 48.9 Å². The van der Waals surface area contributed by atoms with Gasteiger partial charge in [-0.2, -0.15) is 4.40 Å². The minimum Gasteiger partial charge on any atom is -0.264 e. The Morgan fingerprint density at radius 2 is 2.16 bits per heavy atom. The van der Waals surface area contributed by atoms with Gasteiger partial charge in [-0.05, 0) is 18.2 Å². The maximum Gasteiger partial charge on any atom is 0.297 e. The van der Waals surface area contributed by atoms with E-state index in [1.807, 2.05) is 23.7 Å². The van der Waals surface area contributed by atoms with Gasteiger partial charge in [-0.15, -0.1) is 0 Å². The molecule has 0 bridgehead atoms. The van der Waals surface area contributed by atoms with Gasteiger partial charge in [0.1, 0.15) is 12.7 Å². The van der Waals surface area contributed by atoms with Gasteiger partial charge >= 0.3 is 0 Å². The van der Waals surface area contributed by atoms with Crippen LogP contribution in [0.2, 0.25) is 0 Å². The predicted octanol–water partition coefficient (Wildman–Crippen LogP) is 2.87. The van der Waals surface area contributed by atoms with E-state index < -0.39 is 0 Å². The van der Waals surface area contributed by atoms with E-state index in [0.717, 1.165) is 6.54 Å². The molecule has 90 valence electrons. The highest BCUT2D eigenvalue weighted by Crippen LogP contribution is 2.34. The summed E-state index contributed by atoms with van der Waals surface area (Å²) in [5, 5.41) is 0. The molecule has 0 fully saturated rings. The van der Waals surface area contributed by atoms with Crippen molar-refractivity contribution in [2.24, 2.45) is 0 Å². The first kappa shape index (κ1) is 9.69. The van der Waals surface area contributed by atoms with Crippen LogP contribution in [0.4, 0.5) is 0 Å². The number of thiazole rings is 1. The third-order valence-corrected chi connectivity index (χ3v) is 4.85. The van der Waals surface area contributed by atoms with E-state index in [1.54, 1.807) is 0 Å². The van der Waals surface area contributed by atoms with E-state index in [1.165, 1.54) is 32.0 Å². The lowest BCUT2D eigenvalue weighted by atomic mass is 10.2. The molecule has 3 aromatic heterocycles. The molecule has 0 aliphatic carbocycles. The molecular weight excluding hydrogens is 254 g/mol. The number of para-hydroxylation sites is 1. The maximum atomic E-state index is 4.28. The van der Waals surface area contributed by atoms with E-state index in [2.05, 4.69) is 50.5 Å². The monoisotopic (exact) mass is 264 g/mol. The van der Waals surface area contributed by atoms with Gasteiger partial charge in [-0.25, -0.2) is 4.57 Å². The Morgan fingerprint density at radius 3 is 3.16 bits per heavy atom. The third-order valence-electron chi connectivity index (χ3n) is 3.78. The van der Waals surface area contributed by atoms with E-state index >= 15 is 0 Å². The average molecular weight is 264 g/mol. The molecule has 19 heavy (non-hydrogen) atoms. The topological polar surface area (TPSA) is 21.2 Å². The molecule has 1 aliphatic rings. The molecule has 0 unspecified atom stereocenters. The minimum atomic E-state index is 0.954. The van der Waals surface area contributed by atoms with Crippen LogP contribution in [-0.2, 0) is 6.54 Å². The molecule has 4 heterocycles. The molecule has 0 saturated heterocycles. The van der Waals surface area contributed by atoms with Gasteiger partial charge in [0.05, 0.1) is 10.3 Å². The summed E-state index contributed by atoms with van der Waals surface area (Å²) < 4.78 is 6.01. The first-order chi connectivity index (χ1) is 9.42. The number of rotatable bonds is 0. The smallest absolute Gasteiger partial charge is 0.264 e. The van der Waals surface area contributed by atoms with Crippen molar-refractivity contribution in [3.8, 4) is 11.4 Å². The number of pyridine rings is 1. The lowest BCUT2D eigenvalue weighted by Crippen LogP contribution is -2.29. The molecule has 1 aliphatic heterocycles. The van der Waals surface area contributed by atoms with Crippen molar-refractivity contribution >= 4 is 26.4 Å². The van der Waals surface area contributed by atoms with Gasteiger partial charge < -0.3 is 0 Å². The number of fused-ring (bicyclic) bond motifs is 7. The van der Waals surface area contributed by atoms with Crippen molar-refractivity contribution in [3.63, 3.8) is 0 Å². The van der Waals surface area contributed by atoms with E-state index in [-0.39, 0.29) is 0 Å². The average Bonchev–Trinajstić information content (AvgIpc) is 3.04. The zero-order chi connectivity index (χ0) is 12.4. The first-order valence-electron chi connectivity index (χ1n) is 6.27. The number of aromatic nitrogens is 3. The van der Waals surface area contributed by atoms with Crippen molar-refractivity contribution in [2.45, 2.75) is 6.54 Å². The Bertz CT molecular complexity index is 949. The second-order valence-corrected chi connectivity index (χ2v) is 5.92. The van der Waals surface area contributed by atoms with Crippen LogP contribution < -0.4 is 4.57 Å². The molecule has 0 N–H and O–H groups in total. The fourth-order valence-corrected chi connectivity index (χ4v) is 4.06. The van der Waals surface area contributed by atoms with Gasteiger partial charge in [0.15, 0.2) is 5.52 Å². The fourth-order valence-electron chi connectivity index (χ4n) is 2.97. The summed E-state index contributed by atoms with van der Waals surface area (Å²) in [4.78, 5) is 5.58. The summed E-state index contributed by atoms with van der Waals surface area (Å²) >= 11 is 1.84. The Morgan fingerprint density at radius 1 is 1.21 bits per heavy atom. The maximum absolute atomic E-state index is 4.28. The highest BCUT2D eigenvalue weighted by Gasteiger charge is 2.31. The van der Waals surface area contributed by atoms with Crippen molar-refractivity contribution in [3.05, 3.63) is 54.5 Å². The van der Waals surface area contributed by atoms with E-state index in [4.69, 9.17) is 0 Å². The second-order valence-electron chi connectivity index (χ2n) is 4.86. The largest absolute Gasteiger partial charge is 0.297 e. The fraction of sp³-hybridized carbons (Fsp3) is 0.0667. The summed E-state index contributed by atoms with van der Waals surface area (Å²) in [5.41, 5.74) is 3.90. The molecule has 0 atom stereocenters. The third kappa shape index (κ3) is 1.12.